The van der Waals surface area contributed by atoms with E-state index < -0.39 is 0 Å². The standard InChI is InChI=1S/C19H35N3O2/c1-3-4-18(23)21-16-9-5-14(6-10-16)13-15-7-11-17(12-8-15)22-19(24)20-2/h14-17H,3-13H2,1-2H3,(H,21,23)(H2,20,22,24). The highest BCUT2D eigenvalue weighted by molar-refractivity contribution is 5.76. The Hall–Kier alpha value is -1.26. The summed E-state index contributed by atoms with van der Waals surface area (Å²) in [6, 6.07) is 0.709. The van der Waals surface area contributed by atoms with Crippen LogP contribution in [0.4, 0.5) is 4.79 Å². The second-order valence-corrected chi connectivity index (χ2v) is 7.71. The fraction of sp³-hybridized carbons (Fsp3) is 0.895. The lowest BCUT2D eigenvalue weighted by Gasteiger charge is -2.34. The van der Waals surface area contributed by atoms with Gasteiger partial charge in [0.1, 0.15) is 0 Å². The number of amides is 3. The summed E-state index contributed by atoms with van der Waals surface area (Å²) >= 11 is 0. The number of carbonyl (C=O) groups is 2. The van der Waals surface area contributed by atoms with Gasteiger partial charge < -0.3 is 16.0 Å². The van der Waals surface area contributed by atoms with Gasteiger partial charge in [0, 0.05) is 25.6 Å². The Morgan fingerprint density at radius 3 is 1.79 bits per heavy atom. The minimum atomic E-state index is -0.0538. The average Bonchev–Trinajstić information content (AvgIpc) is 2.58. The monoisotopic (exact) mass is 337 g/mol. The molecule has 0 bridgehead atoms. The maximum Gasteiger partial charge on any atom is 0.314 e. The Morgan fingerprint density at radius 2 is 1.33 bits per heavy atom. The highest BCUT2D eigenvalue weighted by Crippen LogP contribution is 2.35. The lowest BCUT2D eigenvalue weighted by Crippen LogP contribution is -2.42. The Morgan fingerprint density at radius 1 is 0.833 bits per heavy atom. The van der Waals surface area contributed by atoms with Crippen LogP contribution in [0.3, 0.4) is 0 Å². The number of carbonyl (C=O) groups excluding carboxylic acids is 2. The highest BCUT2D eigenvalue weighted by Gasteiger charge is 2.27. The fourth-order valence-electron chi connectivity index (χ4n) is 4.34. The molecular weight excluding hydrogens is 302 g/mol. The van der Waals surface area contributed by atoms with Crippen molar-refractivity contribution in [3.8, 4) is 0 Å². The molecule has 5 nitrogen and oxygen atoms in total. The van der Waals surface area contributed by atoms with Crippen molar-refractivity contribution in [1.82, 2.24) is 16.0 Å². The molecule has 0 atom stereocenters. The molecule has 3 N–H and O–H groups in total. The average molecular weight is 338 g/mol. The molecule has 2 aliphatic carbocycles. The van der Waals surface area contributed by atoms with Gasteiger partial charge in [0.15, 0.2) is 0 Å². The van der Waals surface area contributed by atoms with Crippen molar-refractivity contribution in [3.05, 3.63) is 0 Å². The lowest BCUT2D eigenvalue weighted by atomic mass is 9.75. The van der Waals surface area contributed by atoms with Gasteiger partial charge in [-0.25, -0.2) is 4.79 Å². The molecule has 5 heteroatoms. The van der Waals surface area contributed by atoms with Crippen molar-refractivity contribution in [1.29, 1.82) is 0 Å². The van der Waals surface area contributed by atoms with Gasteiger partial charge in [0.05, 0.1) is 0 Å². The van der Waals surface area contributed by atoms with Crippen LogP contribution >= 0.6 is 0 Å². The van der Waals surface area contributed by atoms with Crippen molar-refractivity contribution >= 4 is 11.9 Å². The van der Waals surface area contributed by atoms with Crippen LogP contribution in [0.2, 0.25) is 0 Å². The van der Waals surface area contributed by atoms with Crippen LogP contribution in [0.15, 0.2) is 0 Å². The minimum Gasteiger partial charge on any atom is -0.353 e. The third kappa shape index (κ3) is 6.33. The molecule has 2 fully saturated rings. The Balaban J connectivity index is 1.61. The van der Waals surface area contributed by atoms with E-state index in [2.05, 4.69) is 22.9 Å². The normalized spacial score (nSPS) is 30.4. The highest BCUT2D eigenvalue weighted by atomic mass is 16.2. The largest absolute Gasteiger partial charge is 0.353 e. The molecule has 0 spiro atoms. The van der Waals surface area contributed by atoms with E-state index in [1.165, 1.54) is 32.1 Å². The molecule has 2 saturated carbocycles. The first kappa shape index (κ1) is 19.1. The summed E-state index contributed by atoms with van der Waals surface area (Å²) in [6.45, 7) is 2.05. The van der Waals surface area contributed by atoms with Crippen LogP contribution in [0, 0.1) is 11.8 Å². The number of hydrogen-bond donors (Lipinski definition) is 3. The van der Waals surface area contributed by atoms with Crippen LogP contribution in [-0.2, 0) is 4.79 Å². The van der Waals surface area contributed by atoms with E-state index in [1.807, 2.05) is 0 Å². The van der Waals surface area contributed by atoms with E-state index in [-0.39, 0.29) is 11.9 Å². The van der Waals surface area contributed by atoms with Crippen LogP contribution in [-0.4, -0.2) is 31.1 Å². The Kier molecular flexibility index (Phi) is 7.86. The minimum absolute atomic E-state index is 0.0538. The van der Waals surface area contributed by atoms with Crippen molar-refractivity contribution in [3.63, 3.8) is 0 Å². The zero-order chi connectivity index (χ0) is 17.4. The van der Waals surface area contributed by atoms with Crippen molar-refractivity contribution in [2.45, 2.75) is 89.6 Å². The predicted octanol–water partition coefficient (Wildman–Crippen LogP) is 3.34. The first-order chi connectivity index (χ1) is 11.6. The molecule has 2 aliphatic rings. The predicted molar refractivity (Wildman–Crippen MR) is 96.8 cm³/mol. The van der Waals surface area contributed by atoms with Gasteiger partial charge >= 0.3 is 6.03 Å². The maximum atomic E-state index is 11.7. The van der Waals surface area contributed by atoms with Crippen LogP contribution < -0.4 is 16.0 Å². The summed E-state index contributed by atoms with van der Waals surface area (Å²) in [5.74, 6) is 1.88. The van der Waals surface area contributed by atoms with Gasteiger partial charge in [-0.3, -0.25) is 4.79 Å². The molecule has 3 amide bonds. The molecule has 0 radical (unpaired) electrons. The fourth-order valence-corrected chi connectivity index (χ4v) is 4.34. The van der Waals surface area contributed by atoms with Crippen LogP contribution in [0.25, 0.3) is 0 Å². The van der Waals surface area contributed by atoms with E-state index in [0.717, 1.165) is 43.9 Å². The van der Waals surface area contributed by atoms with E-state index in [4.69, 9.17) is 0 Å². The van der Waals surface area contributed by atoms with Crippen molar-refractivity contribution in [2.24, 2.45) is 11.8 Å². The topological polar surface area (TPSA) is 70.2 Å². The molecule has 0 aromatic heterocycles. The molecule has 138 valence electrons. The molecule has 0 aliphatic heterocycles. The summed E-state index contributed by atoms with van der Waals surface area (Å²) in [4.78, 5) is 23.1. The summed E-state index contributed by atoms with van der Waals surface area (Å²) in [5, 5.41) is 8.86. The molecule has 2 rings (SSSR count). The second kappa shape index (κ2) is 9.90. The quantitative estimate of drug-likeness (QED) is 0.696. The van der Waals surface area contributed by atoms with E-state index >= 15 is 0 Å². The molecule has 24 heavy (non-hydrogen) atoms. The zero-order valence-electron chi connectivity index (χ0n) is 15.4. The Bertz CT molecular complexity index is 397. The zero-order valence-corrected chi connectivity index (χ0v) is 15.4. The van der Waals surface area contributed by atoms with E-state index in [0.29, 0.717) is 18.5 Å². The number of nitrogens with one attached hydrogen (secondary N) is 3. The summed E-state index contributed by atoms with van der Waals surface area (Å²) < 4.78 is 0. The third-order valence-corrected chi connectivity index (χ3v) is 5.76. The number of urea groups is 1. The first-order valence-corrected chi connectivity index (χ1v) is 9.88. The molecular formula is C19H35N3O2. The van der Waals surface area contributed by atoms with E-state index in [9.17, 15) is 9.59 Å². The van der Waals surface area contributed by atoms with Crippen molar-refractivity contribution in [2.75, 3.05) is 7.05 Å². The van der Waals surface area contributed by atoms with Gasteiger partial charge in [0.2, 0.25) is 5.91 Å². The molecule has 0 aromatic rings. The third-order valence-electron chi connectivity index (χ3n) is 5.76. The SMILES string of the molecule is CCCC(=O)NC1CCC(CC2CCC(NC(=O)NC)CC2)CC1. The second-order valence-electron chi connectivity index (χ2n) is 7.71. The summed E-state index contributed by atoms with van der Waals surface area (Å²) in [7, 11) is 1.67. The molecule has 0 aromatic carbocycles. The molecule has 0 saturated heterocycles. The lowest BCUT2D eigenvalue weighted by molar-refractivity contribution is -0.122. The van der Waals surface area contributed by atoms with Gasteiger partial charge in [-0.2, -0.15) is 0 Å². The van der Waals surface area contributed by atoms with Gasteiger partial charge in [-0.15, -0.1) is 0 Å². The van der Waals surface area contributed by atoms with E-state index in [1.54, 1.807) is 7.05 Å². The first-order valence-electron chi connectivity index (χ1n) is 9.88. The van der Waals surface area contributed by atoms with Crippen LogP contribution in [0.5, 0.6) is 0 Å². The number of hydrogen-bond acceptors (Lipinski definition) is 2. The van der Waals surface area contributed by atoms with Crippen molar-refractivity contribution < 1.29 is 9.59 Å². The summed E-state index contributed by atoms with van der Waals surface area (Å²) in [5.41, 5.74) is 0. The van der Waals surface area contributed by atoms with Crippen LogP contribution in [0.1, 0.15) is 77.6 Å². The van der Waals surface area contributed by atoms with Gasteiger partial charge in [-0.05, 0) is 76.0 Å². The van der Waals surface area contributed by atoms with Gasteiger partial charge in [-0.1, -0.05) is 6.92 Å². The Labute approximate surface area is 146 Å². The van der Waals surface area contributed by atoms with Gasteiger partial charge in [0.25, 0.3) is 0 Å². The molecule has 0 unspecified atom stereocenters. The number of rotatable bonds is 6. The summed E-state index contributed by atoms with van der Waals surface area (Å²) in [6.07, 6.45) is 12.4. The molecule has 0 heterocycles. The smallest absolute Gasteiger partial charge is 0.314 e. The maximum absolute atomic E-state index is 11.7.